The number of benzene rings is 2. The maximum atomic E-state index is 12.6. The van der Waals surface area contributed by atoms with Gasteiger partial charge < -0.3 is 19.4 Å². The first-order valence-electron chi connectivity index (χ1n) is 9.57. The zero-order valence-corrected chi connectivity index (χ0v) is 16.5. The molecule has 1 unspecified atom stereocenters. The summed E-state index contributed by atoms with van der Waals surface area (Å²) in [6.45, 7) is 3.67. The van der Waals surface area contributed by atoms with E-state index in [2.05, 4.69) is 16.8 Å². The number of ether oxygens (including phenoxy) is 2. The van der Waals surface area contributed by atoms with Gasteiger partial charge in [-0.15, -0.1) is 0 Å². The standard InChI is InChI=1S/C22H25N3O3/c1-14-8-9-25-18-6-5-16(12-17(18)24-21(25)10-14)22(26)23-13-15-4-7-19(27-2)20(11-15)28-3/h4-7,11-12,14H,8-10,13H2,1-3H3,(H,23,26). The lowest BCUT2D eigenvalue weighted by atomic mass is 10.0. The molecule has 4 rings (SSSR count). The van der Waals surface area contributed by atoms with Crippen molar-refractivity contribution in [2.24, 2.45) is 5.92 Å². The van der Waals surface area contributed by atoms with Crippen molar-refractivity contribution in [1.29, 1.82) is 0 Å². The Morgan fingerprint density at radius 3 is 2.79 bits per heavy atom. The highest BCUT2D eigenvalue weighted by Crippen LogP contribution is 2.28. The van der Waals surface area contributed by atoms with Crippen LogP contribution in [0.1, 0.15) is 35.1 Å². The summed E-state index contributed by atoms with van der Waals surface area (Å²) in [4.78, 5) is 17.4. The highest BCUT2D eigenvalue weighted by molar-refractivity contribution is 5.97. The van der Waals surface area contributed by atoms with Crippen LogP contribution in [-0.2, 0) is 19.5 Å². The third-order valence-corrected chi connectivity index (χ3v) is 5.37. The Morgan fingerprint density at radius 1 is 1.18 bits per heavy atom. The predicted molar refractivity (Wildman–Crippen MR) is 108 cm³/mol. The van der Waals surface area contributed by atoms with E-state index in [1.807, 2.05) is 36.4 Å². The summed E-state index contributed by atoms with van der Waals surface area (Å²) in [6, 6.07) is 11.4. The van der Waals surface area contributed by atoms with Gasteiger partial charge >= 0.3 is 0 Å². The molecule has 1 N–H and O–H groups in total. The molecule has 1 aliphatic heterocycles. The number of carbonyl (C=O) groups is 1. The minimum atomic E-state index is -0.115. The molecule has 1 amide bonds. The monoisotopic (exact) mass is 379 g/mol. The van der Waals surface area contributed by atoms with E-state index in [0.29, 0.717) is 29.5 Å². The molecule has 6 heteroatoms. The van der Waals surface area contributed by atoms with Gasteiger partial charge in [-0.05, 0) is 48.2 Å². The molecule has 146 valence electrons. The molecular weight excluding hydrogens is 354 g/mol. The second-order valence-corrected chi connectivity index (χ2v) is 7.35. The zero-order valence-electron chi connectivity index (χ0n) is 16.5. The van der Waals surface area contributed by atoms with Crippen LogP contribution in [-0.4, -0.2) is 29.7 Å². The van der Waals surface area contributed by atoms with E-state index in [-0.39, 0.29) is 5.91 Å². The number of aryl methyl sites for hydroxylation is 1. The van der Waals surface area contributed by atoms with Crippen LogP contribution in [0.4, 0.5) is 0 Å². The maximum Gasteiger partial charge on any atom is 0.251 e. The molecule has 28 heavy (non-hydrogen) atoms. The number of carbonyl (C=O) groups excluding carboxylic acids is 1. The summed E-state index contributed by atoms with van der Waals surface area (Å²) in [6.07, 6.45) is 2.17. The lowest BCUT2D eigenvalue weighted by Crippen LogP contribution is -2.22. The number of nitrogens with one attached hydrogen (secondary N) is 1. The highest BCUT2D eigenvalue weighted by Gasteiger charge is 2.19. The second kappa shape index (κ2) is 7.54. The number of imidazole rings is 1. The molecular formula is C22H25N3O3. The van der Waals surface area contributed by atoms with Gasteiger partial charge in [0.05, 0.1) is 25.3 Å². The molecule has 2 aromatic carbocycles. The van der Waals surface area contributed by atoms with Crippen molar-refractivity contribution in [3.05, 3.63) is 53.3 Å². The van der Waals surface area contributed by atoms with Gasteiger partial charge in [0.2, 0.25) is 0 Å². The lowest BCUT2D eigenvalue weighted by Gasteiger charge is -2.19. The average Bonchev–Trinajstić information content (AvgIpc) is 3.08. The molecule has 0 spiro atoms. The van der Waals surface area contributed by atoms with E-state index in [0.717, 1.165) is 35.4 Å². The fourth-order valence-electron chi connectivity index (χ4n) is 3.76. The van der Waals surface area contributed by atoms with E-state index >= 15 is 0 Å². The molecule has 3 aromatic rings. The minimum absolute atomic E-state index is 0.115. The van der Waals surface area contributed by atoms with Crippen molar-refractivity contribution in [1.82, 2.24) is 14.9 Å². The number of fused-ring (bicyclic) bond motifs is 3. The molecule has 0 saturated heterocycles. The van der Waals surface area contributed by atoms with E-state index in [9.17, 15) is 4.79 Å². The first kappa shape index (κ1) is 18.3. The van der Waals surface area contributed by atoms with Crippen molar-refractivity contribution < 1.29 is 14.3 Å². The molecule has 0 radical (unpaired) electrons. The van der Waals surface area contributed by atoms with Gasteiger partial charge in [-0.25, -0.2) is 4.98 Å². The average molecular weight is 379 g/mol. The Balaban J connectivity index is 1.50. The summed E-state index contributed by atoms with van der Waals surface area (Å²) >= 11 is 0. The number of nitrogens with zero attached hydrogens (tertiary/aromatic N) is 2. The van der Waals surface area contributed by atoms with Crippen LogP contribution in [0.25, 0.3) is 11.0 Å². The first-order valence-corrected chi connectivity index (χ1v) is 9.57. The van der Waals surface area contributed by atoms with Crippen LogP contribution in [0.15, 0.2) is 36.4 Å². The summed E-state index contributed by atoms with van der Waals surface area (Å²) in [5.41, 5.74) is 3.57. The van der Waals surface area contributed by atoms with Crippen molar-refractivity contribution in [3.8, 4) is 11.5 Å². The largest absolute Gasteiger partial charge is 0.493 e. The Hall–Kier alpha value is -3.02. The zero-order chi connectivity index (χ0) is 19.7. The summed E-state index contributed by atoms with van der Waals surface area (Å²) in [7, 11) is 3.20. The molecule has 1 aromatic heterocycles. The minimum Gasteiger partial charge on any atom is -0.493 e. The summed E-state index contributed by atoms with van der Waals surface area (Å²) < 4.78 is 12.8. The van der Waals surface area contributed by atoms with E-state index in [1.54, 1.807) is 14.2 Å². The van der Waals surface area contributed by atoms with E-state index < -0.39 is 0 Å². The first-order chi connectivity index (χ1) is 13.6. The molecule has 1 aliphatic rings. The lowest BCUT2D eigenvalue weighted by molar-refractivity contribution is 0.0951. The number of methoxy groups -OCH3 is 2. The second-order valence-electron chi connectivity index (χ2n) is 7.35. The van der Waals surface area contributed by atoms with Crippen molar-refractivity contribution in [2.75, 3.05) is 14.2 Å². The number of hydrogen-bond acceptors (Lipinski definition) is 4. The maximum absolute atomic E-state index is 12.6. The fraction of sp³-hybridized carbons (Fsp3) is 0.364. The van der Waals surface area contributed by atoms with E-state index in [1.165, 1.54) is 6.42 Å². The van der Waals surface area contributed by atoms with Gasteiger partial charge in [0, 0.05) is 25.1 Å². The third kappa shape index (κ3) is 3.42. The Morgan fingerprint density at radius 2 is 2.00 bits per heavy atom. The normalized spacial score (nSPS) is 15.9. The van der Waals surface area contributed by atoms with E-state index in [4.69, 9.17) is 14.5 Å². The topological polar surface area (TPSA) is 65.4 Å². The smallest absolute Gasteiger partial charge is 0.251 e. The van der Waals surface area contributed by atoms with Crippen LogP contribution in [0.2, 0.25) is 0 Å². The van der Waals surface area contributed by atoms with Crippen LogP contribution in [0.3, 0.4) is 0 Å². The Kier molecular flexibility index (Phi) is 4.94. The molecule has 0 aliphatic carbocycles. The molecule has 0 saturated carbocycles. The number of hydrogen-bond donors (Lipinski definition) is 1. The molecule has 0 bridgehead atoms. The summed E-state index contributed by atoms with van der Waals surface area (Å²) in [5.74, 6) is 2.98. The van der Waals surface area contributed by atoms with Gasteiger partial charge in [-0.2, -0.15) is 0 Å². The number of amides is 1. The number of rotatable bonds is 5. The Labute approximate surface area is 164 Å². The quantitative estimate of drug-likeness (QED) is 0.736. The van der Waals surface area contributed by atoms with Crippen LogP contribution >= 0.6 is 0 Å². The van der Waals surface area contributed by atoms with Crippen molar-refractivity contribution >= 4 is 16.9 Å². The summed E-state index contributed by atoms with van der Waals surface area (Å²) in [5, 5.41) is 2.97. The van der Waals surface area contributed by atoms with Gasteiger partial charge in [-0.1, -0.05) is 13.0 Å². The fourth-order valence-corrected chi connectivity index (χ4v) is 3.76. The van der Waals surface area contributed by atoms with Crippen LogP contribution in [0.5, 0.6) is 11.5 Å². The van der Waals surface area contributed by atoms with Crippen molar-refractivity contribution in [2.45, 2.75) is 32.9 Å². The molecule has 2 heterocycles. The number of aromatic nitrogens is 2. The van der Waals surface area contributed by atoms with Gasteiger partial charge in [0.15, 0.2) is 11.5 Å². The van der Waals surface area contributed by atoms with Gasteiger partial charge in [0.1, 0.15) is 5.82 Å². The van der Waals surface area contributed by atoms with Crippen LogP contribution in [0, 0.1) is 5.92 Å². The van der Waals surface area contributed by atoms with Crippen LogP contribution < -0.4 is 14.8 Å². The third-order valence-electron chi connectivity index (χ3n) is 5.37. The predicted octanol–water partition coefficient (Wildman–Crippen LogP) is 3.57. The molecule has 1 atom stereocenters. The van der Waals surface area contributed by atoms with Gasteiger partial charge in [-0.3, -0.25) is 4.79 Å². The molecule has 0 fully saturated rings. The molecule has 6 nitrogen and oxygen atoms in total. The SMILES string of the molecule is COc1ccc(CNC(=O)c2ccc3c(c2)nc2n3CCC(C)C2)cc1OC. The van der Waals surface area contributed by atoms with Gasteiger partial charge in [0.25, 0.3) is 5.91 Å². The Bertz CT molecular complexity index is 1030. The van der Waals surface area contributed by atoms with Crippen molar-refractivity contribution in [3.63, 3.8) is 0 Å². The highest BCUT2D eigenvalue weighted by atomic mass is 16.5.